The minimum absolute atomic E-state index is 0.222. The van der Waals surface area contributed by atoms with Gasteiger partial charge in [-0.25, -0.2) is 9.78 Å². The van der Waals surface area contributed by atoms with E-state index in [1.165, 1.54) is 7.11 Å². The molecule has 212 valence electrons. The lowest BCUT2D eigenvalue weighted by Crippen LogP contribution is -2.37. The van der Waals surface area contributed by atoms with Crippen molar-refractivity contribution in [2.45, 2.75) is 39.9 Å². The molecule has 0 aliphatic rings. The van der Waals surface area contributed by atoms with Gasteiger partial charge in [0.1, 0.15) is 17.0 Å². The van der Waals surface area contributed by atoms with E-state index < -0.39 is 5.91 Å². The first-order valence-corrected chi connectivity index (χ1v) is 12.8. The van der Waals surface area contributed by atoms with Gasteiger partial charge < -0.3 is 25.3 Å². The van der Waals surface area contributed by atoms with Crippen molar-refractivity contribution in [2.24, 2.45) is 12.8 Å². The van der Waals surface area contributed by atoms with Crippen LogP contribution in [0.1, 0.15) is 45.4 Å². The number of nitrogens with zero attached hydrogens (tertiary/aromatic N) is 7. The smallest absolute Gasteiger partial charge is 0.317 e. The van der Waals surface area contributed by atoms with Crippen LogP contribution in [0.25, 0.3) is 11.0 Å². The quantitative estimate of drug-likeness (QED) is 0.240. The highest BCUT2D eigenvalue weighted by Gasteiger charge is 2.21. The van der Waals surface area contributed by atoms with E-state index >= 15 is 0 Å². The maximum atomic E-state index is 13.2. The number of methoxy groups -OCH3 is 1. The van der Waals surface area contributed by atoms with Crippen molar-refractivity contribution in [1.29, 1.82) is 0 Å². The van der Waals surface area contributed by atoms with Crippen molar-refractivity contribution in [1.82, 2.24) is 39.3 Å². The third kappa shape index (κ3) is 6.06. The Kier molecular flexibility index (Phi) is 8.36. The van der Waals surface area contributed by atoms with Gasteiger partial charge in [0.25, 0.3) is 5.91 Å². The molecule has 4 rings (SSSR count). The second-order valence-corrected chi connectivity index (χ2v) is 9.40. The third-order valence-corrected chi connectivity index (χ3v) is 6.33. The summed E-state index contributed by atoms with van der Waals surface area (Å²) >= 11 is 0. The molecule has 14 nitrogen and oxygen atoms in total. The summed E-state index contributed by atoms with van der Waals surface area (Å²) in [5, 5.41) is 14.3. The number of amides is 4. The minimum Gasteiger partial charge on any atom is -0.494 e. The molecule has 40 heavy (non-hydrogen) atoms. The predicted molar refractivity (Wildman–Crippen MR) is 148 cm³/mol. The average Bonchev–Trinajstić information content (AvgIpc) is 3.61. The summed E-state index contributed by atoms with van der Waals surface area (Å²) in [6.07, 6.45) is 4.10. The van der Waals surface area contributed by atoms with Crippen LogP contribution in [0, 0.1) is 6.92 Å². The third-order valence-electron chi connectivity index (χ3n) is 6.33. The van der Waals surface area contributed by atoms with E-state index in [2.05, 4.69) is 25.8 Å². The zero-order valence-electron chi connectivity index (χ0n) is 23.3. The molecule has 3 aromatic heterocycles. The number of primary amides is 1. The van der Waals surface area contributed by atoms with E-state index in [1.54, 1.807) is 50.3 Å². The van der Waals surface area contributed by atoms with Gasteiger partial charge >= 0.3 is 6.03 Å². The van der Waals surface area contributed by atoms with Crippen LogP contribution in [-0.4, -0.2) is 72.6 Å². The van der Waals surface area contributed by atoms with Gasteiger partial charge in [-0.1, -0.05) is 0 Å². The molecule has 0 aliphatic heterocycles. The number of carbonyl (C=O) groups is 3. The molecule has 0 fully saturated rings. The fourth-order valence-electron chi connectivity index (χ4n) is 4.44. The number of ether oxygens (including phenoxy) is 1. The van der Waals surface area contributed by atoms with E-state index in [1.807, 2.05) is 27.1 Å². The second kappa shape index (κ2) is 11.9. The number of rotatable bonds is 11. The molecule has 4 aromatic rings. The fraction of sp³-hybridized carbons (Fsp3) is 0.385. The predicted octanol–water partition coefficient (Wildman–Crippen LogP) is 1.89. The van der Waals surface area contributed by atoms with Crippen LogP contribution in [0.5, 0.6) is 5.75 Å². The Hall–Kier alpha value is -4.88. The SMILES string of the molecule is CCn1nc(C)cc1C(=O)Nc1nc2cc(C(N)=O)cc(OC)c2n1CCCNC(=O)N(C)Cc1cnn(C)c1. The highest BCUT2D eigenvalue weighted by atomic mass is 16.5. The van der Waals surface area contributed by atoms with Crippen molar-refractivity contribution < 1.29 is 19.1 Å². The van der Waals surface area contributed by atoms with Gasteiger partial charge in [0.2, 0.25) is 11.9 Å². The Balaban J connectivity index is 1.54. The van der Waals surface area contributed by atoms with Gasteiger partial charge in [-0.05, 0) is 38.5 Å². The fourth-order valence-corrected chi connectivity index (χ4v) is 4.44. The van der Waals surface area contributed by atoms with Gasteiger partial charge in [0.15, 0.2) is 0 Å². The minimum atomic E-state index is -0.624. The molecule has 14 heteroatoms. The number of nitrogens with two attached hydrogens (primary N) is 1. The van der Waals surface area contributed by atoms with Crippen molar-refractivity contribution in [3.8, 4) is 5.75 Å². The first kappa shape index (κ1) is 28.1. The van der Waals surface area contributed by atoms with Crippen LogP contribution in [0.15, 0.2) is 30.6 Å². The largest absolute Gasteiger partial charge is 0.494 e. The van der Waals surface area contributed by atoms with Crippen LogP contribution in [0.2, 0.25) is 0 Å². The van der Waals surface area contributed by atoms with Crippen LogP contribution in [0.4, 0.5) is 10.7 Å². The molecular formula is C26H34N10O4. The molecule has 4 amide bonds. The summed E-state index contributed by atoms with van der Waals surface area (Å²) in [7, 11) is 5.02. The van der Waals surface area contributed by atoms with Crippen LogP contribution in [0.3, 0.4) is 0 Å². The van der Waals surface area contributed by atoms with Crippen molar-refractivity contribution >= 4 is 34.8 Å². The summed E-state index contributed by atoms with van der Waals surface area (Å²) in [5.41, 5.74) is 8.80. The van der Waals surface area contributed by atoms with Crippen LogP contribution in [-0.2, 0) is 26.7 Å². The van der Waals surface area contributed by atoms with E-state index in [4.69, 9.17) is 10.5 Å². The number of aryl methyl sites for hydroxylation is 4. The second-order valence-electron chi connectivity index (χ2n) is 9.40. The number of nitrogens with one attached hydrogen (secondary N) is 2. The van der Waals surface area contributed by atoms with E-state index in [0.717, 1.165) is 11.3 Å². The Bertz CT molecular complexity index is 1550. The highest BCUT2D eigenvalue weighted by Crippen LogP contribution is 2.31. The number of anilines is 1. The Labute approximate surface area is 231 Å². The van der Waals surface area contributed by atoms with Gasteiger partial charge in [-0.3, -0.25) is 24.3 Å². The molecule has 0 atom stereocenters. The van der Waals surface area contributed by atoms with E-state index in [-0.39, 0.29) is 23.5 Å². The lowest BCUT2D eigenvalue weighted by atomic mass is 10.1. The topological polar surface area (TPSA) is 167 Å². The van der Waals surface area contributed by atoms with E-state index in [0.29, 0.717) is 55.1 Å². The zero-order valence-corrected chi connectivity index (χ0v) is 23.3. The number of benzene rings is 1. The van der Waals surface area contributed by atoms with Crippen molar-refractivity contribution in [2.75, 3.05) is 26.0 Å². The number of carbonyl (C=O) groups excluding carboxylic acids is 3. The van der Waals surface area contributed by atoms with Crippen molar-refractivity contribution in [3.05, 3.63) is 53.1 Å². The molecule has 0 bridgehead atoms. The van der Waals surface area contributed by atoms with Crippen molar-refractivity contribution in [3.63, 3.8) is 0 Å². The standard InChI is InChI=1S/C26H34N10O4/c1-6-36-20(10-16(2)32-36)24(38)31-25-30-19-11-18(23(27)37)12-21(40-5)22(19)35(25)9-7-8-28-26(39)33(3)14-17-13-29-34(4)15-17/h10-13,15H,6-9,14H2,1-5H3,(H2,27,37)(H,28,39)(H,30,31,38). The lowest BCUT2D eigenvalue weighted by Gasteiger charge is -2.17. The molecule has 1 aromatic carbocycles. The maximum Gasteiger partial charge on any atom is 0.317 e. The summed E-state index contributed by atoms with van der Waals surface area (Å²) in [5.74, 6) is -0.352. The molecular weight excluding hydrogens is 516 g/mol. The molecule has 4 N–H and O–H groups in total. The lowest BCUT2D eigenvalue weighted by molar-refractivity contribution is 0.0995. The van der Waals surface area contributed by atoms with Crippen LogP contribution < -0.4 is 21.1 Å². The molecule has 0 unspecified atom stereocenters. The highest BCUT2D eigenvalue weighted by molar-refractivity contribution is 6.04. The average molecular weight is 551 g/mol. The number of aromatic nitrogens is 6. The summed E-state index contributed by atoms with van der Waals surface area (Å²) in [4.78, 5) is 43.9. The Morgan fingerprint density at radius 3 is 2.62 bits per heavy atom. The monoisotopic (exact) mass is 550 g/mol. The van der Waals surface area contributed by atoms with Gasteiger partial charge in [0, 0.05) is 51.1 Å². The van der Waals surface area contributed by atoms with Crippen LogP contribution >= 0.6 is 0 Å². The molecule has 0 spiro atoms. The Morgan fingerprint density at radius 2 is 1.98 bits per heavy atom. The molecule has 0 aliphatic carbocycles. The van der Waals surface area contributed by atoms with E-state index in [9.17, 15) is 14.4 Å². The Morgan fingerprint density at radius 1 is 1.20 bits per heavy atom. The summed E-state index contributed by atoms with van der Waals surface area (Å²) in [6, 6.07) is 4.58. The van der Waals surface area contributed by atoms with Gasteiger partial charge in [0.05, 0.1) is 31.1 Å². The molecule has 0 radical (unpaired) electrons. The number of hydrogen-bond acceptors (Lipinski definition) is 7. The van der Waals surface area contributed by atoms with Gasteiger partial charge in [-0.15, -0.1) is 0 Å². The van der Waals surface area contributed by atoms with Gasteiger partial charge in [-0.2, -0.15) is 10.2 Å². The normalized spacial score (nSPS) is 11.0. The number of urea groups is 1. The molecule has 0 saturated heterocycles. The molecule has 3 heterocycles. The summed E-state index contributed by atoms with van der Waals surface area (Å²) in [6.45, 7) is 5.42. The zero-order chi connectivity index (χ0) is 29.0. The maximum absolute atomic E-state index is 13.2. The number of imidazole rings is 1. The first-order valence-electron chi connectivity index (χ1n) is 12.8. The number of fused-ring (bicyclic) bond motifs is 1. The molecule has 0 saturated carbocycles. The summed E-state index contributed by atoms with van der Waals surface area (Å²) < 4.78 is 10.6. The number of hydrogen-bond donors (Lipinski definition) is 3. The first-order chi connectivity index (χ1) is 19.1.